The number of nitrogens with two attached hydrogens (primary N) is 1. The van der Waals surface area contributed by atoms with Crippen molar-refractivity contribution in [1.82, 2.24) is 0 Å². The standard InChI is InChI=1S/C8H16FNO/c1-11-8-4-2-3-7(9)6(8)5-10/h6-8H,2-5,10H2,1H3. The van der Waals surface area contributed by atoms with Crippen LogP contribution in [0, 0.1) is 5.92 Å². The SMILES string of the molecule is COC1CCCC(F)C1CN. The molecular formula is C8H16FNO. The molecular weight excluding hydrogens is 145 g/mol. The maximum absolute atomic E-state index is 13.1. The number of hydrogen-bond donors (Lipinski definition) is 1. The summed E-state index contributed by atoms with van der Waals surface area (Å²) in [6.45, 7) is 0.402. The zero-order valence-electron chi connectivity index (χ0n) is 6.92. The van der Waals surface area contributed by atoms with Gasteiger partial charge in [-0.2, -0.15) is 0 Å². The van der Waals surface area contributed by atoms with E-state index < -0.39 is 6.17 Å². The van der Waals surface area contributed by atoms with Crippen molar-refractivity contribution in [3.63, 3.8) is 0 Å². The second-order valence-corrected chi connectivity index (χ2v) is 3.12. The largest absolute Gasteiger partial charge is 0.381 e. The van der Waals surface area contributed by atoms with Crippen molar-refractivity contribution in [2.75, 3.05) is 13.7 Å². The van der Waals surface area contributed by atoms with Crippen LogP contribution < -0.4 is 5.73 Å². The fourth-order valence-corrected chi connectivity index (χ4v) is 1.77. The molecule has 1 rings (SSSR count). The smallest absolute Gasteiger partial charge is 0.107 e. The summed E-state index contributed by atoms with van der Waals surface area (Å²) in [5, 5.41) is 0. The summed E-state index contributed by atoms with van der Waals surface area (Å²) in [5.41, 5.74) is 5.44. The first-order valence-electron chi connectivity index (χ1n) is 4.16. The molecule has 0 amide bonds. The lowest BCUT2D eigenvalue weighted by molar-refractivity contribution is -0.0114. The first kappa shape index (κ1) is 8.94. The van der Waals surface area contributed by atoms with E-state index in [-0.39, 0.29) is 12.0 Å². The monoisotopic (exact) mass is 161 g/mol. The molecule has 0 aromatic rings. The Morgan fingerprint density at radius 3 is 2.73 bits per heavy atom. The van der Waals surface area contributed by atoms with Crippen LogP contribution >= 0.6 is 0 Å². The highest BCUT2D eigenvalue weighted by atomic mass is 19.1. The highest BCUT2D eigenvalue weighted by Crippen LogP contribution is 2.28. The summed E-state index contributed by atoms with van der Waals surface area (Å²) >= 11 is 0. The molecule has 0 saturated heterocycles. The van der Waals surface area contributed by atoms with Gasteiger partial charge in [0.2, 0.25) is 0 Å². The molecule has 0 aromatic heterocycles. The summed E-state index contributed by atoms with van der Waals surface area (Å²) in [4.78, 5) is 0. The molecule has 0 heterocycles. The van der Waals surface area contributed by atoms with E-state index in [9.17, 15) is 4.39 Å². The predicted octanol–water partition coefficient (Wildman–Crippen LogP) is 1.10. The van der Waals surface area contributed by atoms with E-state index in [1.165, 1.54) is 0 Å². The van der Waals surface area contributed by atoms with Crippen LogP contribution in [0.1, 0.15) is 19.3 Å². The van der Waals surface area contributed by atoms with Gasteiger partial charge in [-0.15, -0.1) is 0 Å². The quantitative estimate of drug-likeness (QED) is 0.658. The molecule has 0 radical (unpaired) electrons. The molecule has 1 fully saturated rings. The maximum atomic E-state index is 13.1. The lowest BCUT2D eigenvalue weighted by Crippen LogP contribution is -2.39. The average molecular weight is 161 g/mol. The third-order valence-electron chi connectivity index (χ3n) is 2.49. The van der Waals surface area contributed by atoms with Crippen LogP contribution in [-0.2, 0) is 4.74 Å². The number of hydrogen-bond acceptors (Lipinski definition) is 2. The second-order valence-electron chi connectivity index (χ2n) is 3.12. The van der Waals surface area contributed by atoms with Gasteiger partial charge < -0.3 is 10.5 Å². The van der Waals surface area contributed by atoms with Gasteiger partial charge in [-0.3, -0.25) is 0 Å². The maximum Gasteiger partial charge on any atom is 0.107 e. The zero-order chi connectivity index (χ0) is 8.27. The summed E-state index contributed by atoms with van der Waals surface area (Å²) < 4.78 is 18.3. The first-order valence-corrected chi connectivity index (χ1v) is 4.16. The van der Waals surface area contributed by atoms with Gasteiger partial charge in [0, 0.05) is 19.6 Å². The van der Waals surface area contributed by atoms with Crippen LogP contribution in [0.2, 0.25) is 0 Å². The van der Waals surface area contributed by atoms with Crippen molar-refractivity contribution in [3.05, 3.63) is 0 Å². The molecule has 2 nitrogen and oxygen atoms in total. The molecule has 1 saturated carbocycles. The summed E-state index contributed by atoms with van der Waals surface area (Å²) in [6, 6.07) is 0. The predicted molar refractivity (Wildman–Crippen MR) is 42.1 cm³/mol. The van der Waals surface area contributed by atoms with E-state index in [1.54, 1.807) is 7.11 Å². The molecule has 3 atom stereocenters. The van der Waals surface area contributed by atoms with Gasteiger partial charge in [0.1, 0.15) is 6.17 Å². The van der Waals surface area contributed by atoms with Gasteiger partial charge in [-0.05, 0) is 19.3 Å². The zero-order valence-corrected chi connectivity index (χ0v) is 6.92. The highest BCUT2D eigenvalue weighted by Gasteiger charge is 2.32. The van der Waals surface area contributed by atoms with Crippen LogP contribution in [0.25, 0.3) is 0 Å². The minimum Gasteiger partial charge on any atom is -0.381 e. The van der Waals surface area contributed by atoms with E-state index in [4.69, 9.17) is 10.5 Å². The van der Waals surface area contributed by atoms with E-state index in [1.807, 2.05) is 0 Å². The van der Waals surface area contributed by atoms with E-state index in [0.717, 1.165) is 12.8 Å². The number of halogens is 1. The van der Waals surface area contributed by atoms with Gasteiger partial charge in [0.15, 0.2) is 0 Å². The van der Waals surface area contributed by atoms with E-state index >= 15 is 0 Å². The Balaban J connectivity index is 2.48. The Morgan fingerprint density at radius 1 is 1.55 bits per heavy atom. The number of methoxy groups -OCH3 is 1. The van der Waals surface area contributed by atoms with Crippen molar-refractivity contribution in [2.24, 2.45) is 11.7 Å². The minimum absolute atomic E-state index is 0.0451. The van der Waals surface area contributed by atoms with Crippen LogP contribution in [0.3, 0.4) is 0 Å². The molecule has 1 aliphatic carbocycles. The Bertz CT molecular complexity index is 121. The molecule has 2 N–H and O–H groups in total. The Morgan fingerprint density at radius 2 is 2.27 bits per heavy atom. The molecule has 0 aromatic carbocycles. The molecule has 0 aliphatic heterocycles. The van der Waals surface area contributed by atoms with Crippen molar-refractivity contribution in [1.29, 1.82) is 0 Å². The number of alkyl halides is 1. The highest BCUT2D eigenvalue weighted by molar-refractivity contribution is 4.83. The van der Waals surface area contributed by atoms with Crippen LogP contribution in [0.15, 0.2) is 0 Å². The van der Waals surface area contributed by atoms with Crippen molar-refractivity contribution >= 4 is 0 Å². The van der Waals surface area contributed by atoms with Gasteiger partial charge in [0.25, 0.3) is 0 Å². The summed E-state index contributed by atoms with van der Waals surface area (Å²) in [7, 11) is 1.63. The second kappa shape index (κ2) is 4.02. The Hall–Kier alpha value is -0.150. The lowest BCUT2D eigenvalue weighted by atomic mass is 9.85. The molecule has 11 heavy (non-hydrogen) atoms. The lowest BCUT2D eigenvalue weighted by Gasteiger charge is -2.32. The average Bonchev–Trinajstić information content (AvgIpc) is 2.04. The molecule has 0 spiro atoms. The normalized spacial score (nSPS) is 39.0. The third kappa shape index (κ3) is 1.91. The molecule has 66 valence electrons. The molecule has 3 heteroatoms. The Labute approximate surface area is 66.9 Å². The fourth-order valence-electron chi connectivity index (χ4n) is 1.77. The van der Waals surface area contributed by atoms with Gasteiger partial charge in [-0.25, -0.2) is 4.39 Å². The van der Waals surface area contributed by atoms with E-state index in [0.29, 0.717) is 13.0 Å². The van der Waals surface area contributed by atoms with Gasteiger partial charge in [-0.1, -0.05) is 0 Å². The van der Waals surface area contributed by atoms with Gasteiger partial charge in [0.05, 0.1) is 6.10 Å². The third-order valence-corrected chi connectivity index (χ3v) is 2.49. The Kier molecular flexibility index (Phi) is 3.27. The first-order chi connectivity index (χ1) is 5.29. The summed E-state index contributed by atoms with van der Waals surface area (Å²) in [5.74, 6) is -0.0752. The van der Waals surface area contributed by atoms with Crippen molar-refractivity contribution in [2.45, 2.75) is 31.5 Å². The van der Waals surface area contributed by atoms with Crippen LogP contribution in [0.4, 0.5) is 4.39 Å². The molecule has 1 aliphatic rings. The topological polar surface area (TPSA) is 35.2 Å². The van der Waals surface area contributed by atoms with Crippen molar-refractivity contribution < 1.29 is 9.13 Å². The number of ether oxygens (including phenoxy) is 1. The van der Waals surface area contributed by atoms with Gasteiger partial charge >= 0.3 is 0 Å². The minimum atomic E-state index is -0.751. The summed E-state index contributed by atoms with van der Waals surface area (Å²) in [6.07, 6.45) is 1.83. The van der Waals surface area contributed by atoms with E-state index in [2.05, 4.69) is 0 Å². The molecule has 3 unspecified atom stereocenters. The fraction of sp³-hybridized carbons (Fsp3) is 1.00. The molecule has 0 bridgehead atoms. The van der Waals surface area contributed by atoms with Crippen LogP contribution in [-0.4, -0.2) is 25.9 Å². The van der Waals surface area contributed by atoms with Crippen molar-refractivity contribution in [3.8, 4) is 0 Å². The number of rotatable bonds is 2. The van der Waals surface area contributed by atoms with Crippen LogP contribution in [0.5, 0.6) is 0 Å².